The van der Waals surface area contributed by atoms with Gasteiger partial charge in [0.05, 0.1) is 0 Å². The molecule has 154 valence electrons. The van der Waals surface area contributed by atoms with Gasteiger partial charge < -0.3 is 15.4 Å². The van der Waals surface area contributed by atoms with E-state index in [1.54, 1.807) is 24.3 Å². The molecule has 1 aromatic heterocycles. The average molecular weight is 438 g/mol. The first-order valence-electron chi connectivity index (χ1n) is 8.16. The number of ether oxygens (including phenoxy) is 1. The zero-order valence-corrected chi connectivity index (χ0v) is 16.5. The summed E-state index contributed by atoms with van der Waals surface area (Å²) < 4.78 is 43.4. The molecule has 2 N–H and O–H groups in total. The van der Waals surface area contributed by atoms with Crippen LogP contribution in [0.1, 0.15) is 12.6 Å². The number of halogens is 5. The van der Waals surface area contributed by atoms with E-state index in [4.69, 9.17) is 4.74 Å². The fraction of sp³-hybridized carbons (Fsp3) is 0.333. The van der Waals surface area contributed by atoms with Gasteiger partial charge in [0.1, 0.15) is 11.4 Å². The fourth-order valence-electron chi connectivity index (χ4n) is 2.49. The van der Waals surface area contributed by atoms with Crippen LogP contribution in [0.4, 0.5) is 18.9 Å². The number of hydrogen-bond donors (Lipinski definition) is 2. The molecule has 1 atom stereocenters. The number of alkyl halides is 3. The first kappa shape index (κ1) is 24.0. The lowest BCUT2D eigenvalue weighted by atomic mass is 9.88. The number of carbonyl (C=O) groups excluding carboxylic acids is 1. The number of hydrogen-bond acceptors (Lipinski definition) is 4. The highest BCUT2D eigenvalue weighted by atomic mass is 35.5. The smallest absolute Gasteiger partial charge is 0.433 e. The Labute approximate surface area is 172 Å². The van der Waals surface area contributed by atoms with Gasteiger partial charge in [0.2, 0.25) is 11.8 Å². The van der Waals surface area contributed by atoms with Gasteiger partial charge in [-0.05, 0) is 49.3 Å². The highest BCUT2D eigenvalue weighted by Gasteiger charge is 2.32. The molecule has 28 heavy (non-hydrogen) atoms. The molecule has 0 spiro atoms. The molecule has 1 aliphatic rings. The summed E-state index contributed by atoms with van der Waals surface area (Å²) in [5.74, 6) is 0.351. The number of nitrogens with one attached hydrogen (secondary N) is 2. The fourth-order valence-corrected chi connectivity index (χ4v) is 2.49. The molecule has 0 aliphatic carbocycles. The Bertz CT molecular complexity index is 784. The predicted molar refractivity (Wildman–Crippen MR) is 104 cm³/mol. The highest BCUT2D eigenvalue weighted by molar-refractivity contribution is 5.92. The third-order valence-electron chi connectivity index (χ3n) is 4.29. The zero-order chi connectivity index (χ0) is 18.7. The highest BCUT2D eigenvalue weighted by Crippen LogP contribution is 2.30. The quantitative estimate of drug-likeness (QED) is 0.720. The molecule has 1 saturated heterocycles. The molecule has 3 rings (SSSR count). The van der Waals surface area contributed by atoms with Crippen molar-refractivity contribution in [2.75, 3.05) is 18.4 Å². The summed E-state index contributed by atoms with van der Waals surface area (Å²) in [6.07, 6.45) is -4.53. The predicted octanol–water partition coefficient (Wildman–Crippen LogP) is 4.53. The number of pyridine rings is 1. The van der Waals surface area contributed by atoms with Crippen LogP contribution in [0.15, 0.2) is 42.5 Å². The molecule has 10 heteroatoms. The van der Waals surface area contributed by atoms with Crippen LogP contribution in [0.25, 0.3) is 0 Å². The van der Waals surface area contributed by atoms with Crippen LogP contribution in [0.3, 0.4) is 0 Å². The number of nitrogens with zero attached hydrogens (tertiary/aromatic N) is 1. The van der Waals surface area contributed by atoms with Crippen molar-refractivity contribution in [2.45, 2.75) is 13.1 Å². The van der Waals surface area contributed by atoms with Crippen molar-refractivity contribution in [1.29, 1.82) is 0 Å². The van der Waals surface area contributed by atoms with Crippen LogP contribution in [-0.2, 0) is 11.0 Å². The van der Waals surface area contributed by atoms with Crippen molar-refractivity contribution >= 4 is 36.4 Å². The second kappa shape index (κ2) is 9.95. The summed E-state index contributed by atoms with van der Waals surface area (Å²) in [4.78, 5) is 15.6. The summed E-state index contributed by atoms with van der Waals surface area (Å²) >= 11 is 0. The monoisotopic (exact) mass is 437 g/mol. The number of amides is 1. The normalized spacial score (nSPS) is 14.7. The Morgan fingerprint density at radius 3 is 2.36 bits per heavy atom. The number of rotatable bonds is 5. The van der Waals surface area contributed by atoms with E-state index in [0.29, 0.717) is 17.4 Å². The van der Waals surface area contributed by atoms with E-state index in [-0.39, 0.29) is 42.5 Å². The van der Waals surface area contributed by atoms with Crippen LogP contribution in [-0.4, -0.2) is 24.0 Å². The van der Waals surface area contributed by atoms with Crippen LogP contribution in [0, 0.1) is 11.8 Å². The van der Waals surface area contributed by atoms with Crippen LogP contribution >= 0.6 is 24.8 Å². The molecular weight excluding hydrogens is 418 g/mol. The molecule has 5 nitrogen and oxygen atoms in total. The number of carbonyl (C=O) groups is 1. The van der Waals surface area contributed by atoms with Crippen molar-refractivity contribution in [2.24, 2.45) is 11.8 Å². The van der Waals surface area contributed by atoms with Crippen LogP contribution in [0.5, 0.6) is 11.6 Å². The van der Waals surface area contributed by atoms with Gasteiger partial charge in [-0.25, -0.2) is 4.98 Å². The summed E-state index contributed by atoms with van der Waals surface area (Å²) in [6, 6.07) is 9.85. The molecule has 1 amide bonds. The Morgan fingerprint density at radius 2 is 1.82 bits per heavy atom. The van der Waals surface area contributed by atoms with Crippen molar-refractivity contribution in [3.8, 4) is 11.6 Å². The van der Waals surface area contributed by atoms with E-state index in [1.165, 1.54) is 12.1 Å². The third-order valence-corrected chi connectivity index (χ3v) is 4.29. The molecule has 1 fully saturated rings. The summed E-state index contributed by atoms with van der Waals surface area (Å²) in [5.41, 5.74) is -0.420. The molecule has 1 aromatic carbocycles. The topological polar surface area (TPSA) is 63.2 Å². The van der Waals surface area contributed by atoms with E-state index in [0.717, 1.165) is 19.2 Å². The van der Waals surface area contributed by atoms with Crippen LogP contribution < -0.4 is 15.4 Å². The lowest BCUT2D eigenvalue weighted by Gasteiger charge is -2.31. The molecule has 1 aliphatic heterocycles. The molecule has 0 bridgehead atoms. The second-order valence-corrected chi connectivity index (χ2v) is 6.18. The SMILES string of the molecule is CC(C(=O)Nc1ccc(Oc2cccc(C(F)(F)F)n2)cc1)C1CNC1.Cl.Cl. The Morgan fingerprint density at radius 1 is 1.18 bits per heavy atom. The van der Waals surface area contributed by atoms with E-state index in [2.05, 4.69) is 15.6 Å². The van der Waals surface area contributed by atoms with E-state index < -0.39 is 11.9 Å². The summed E-state index contributed by atoms with van der Waals surface area (Å²) in [5, 5.41) is 5.96. The Balaban J connectivity index is 0.00000196. The molecule has 1 unspecified atom stereocenters. The molecular formula is C18H20Cl2F3N3O2. The summed E-state index contributed by atoms with van der Waals surface area (Å²) in [7, 11) is 0. The van der Waals surface area contributed by atoms with E-state index in [9.17, 15) is 18.0 Å². The van der Waals surface area contributed by atoms with Crippen molar-refractivity contribution in [3.63, 3.8) is 0 Å². The van der Waals surface area contributed by atoms with Gasteiger partial charge in [-0.3, -0.25) is 4.79 Å². The zero-order valence-electron chi connectivity index (χ0n) is 14.8. The minimum Gasteiger partial charge on any atom is -0.439 e. The largest absolute Gasteiger partial charge is 0.439 e. The van der Waals surface area contributed by atoms with Gasteiger partial charge in [0.25, 0.3) is 0 Å². The maximum absolute atomic E-state index is 12.7. The Kier molecular flexibility index (Phi) is 8.53. The van der Waals surface area contributed by atoms with Gasteiger partial charge in [-0.2, -0.15) is 13.2 Å². The minimum absolute atomic E-state index is 0. The summed E-state index contributed by atoms with van der Waals surface area (Å²) in [6.45, 7) is 3.56. The molecule has 2 heterocycles. The standard InChI is InChI=1S/C18H18F3N3O2.2ClH/c1-11(12-9-22-10-12)17(25)23-13-5-7-14(8-6-13)26-16-4-2-3-15(24-16)18(19,20)21;;/h2-8,11-12,22H,9-10H2,1H3,(H,23,25);2*1H. The number of anilines is 1. The minimum atomic E-state index is -4.53. The van der Waals surface area contributed by atoms with E-state index >= 15 is 0 Å². The number of benzene rings is 1. The van der Waals surface area contributed by atoms with Gasteiger partial charge in [-0.15, -0.1) is 24.8 Å². The first-order chi connectivity index (χ1) is 12.3. The molecule has 2 aromatic rings. The van der Waals surface area contributed by atoms with Crippen molar-refractivity contribution < 1.29 is 22.7 Å². The molecule has 0 saturated carbocycles. The maximum Gasteiger partial charge on any atom is 0.433 e. The molecule has 0 radical (unpaired) electrons. The van der Waals surface area contributed by atoms with Gasteiger partial charge >= 0.3 is 6.18 Å². The number of aromatic nitrogens is 1. The lowest BCUT2D eigenvalue weighted by Crippen LogP contribution is -2.48. The van der Waals surface area contributed by atoms with Gasteiger partial charge in [0.15, 0.2) is 0 Å². The van der Waals surface area contributed by atoms with Crippen molar-refractivity contribution in [3.05, 3.63) is 48.2 Å². The second-order valence-electron chi connectivity index (χ2n) is 6.18. The van der Waals surface area contributed by atoms with Gasteiger partial charge in [0, 0.05) is 17.7 Å². The maximum atomic E-state index is 12.7. The average Bonchev–Trinajstić information content (AvgIpc) is 2.54. The van der Waals surface area contributed by atoms with Crippen molar-refractivity contribution in [1.82, 2.24) is 10.3 Å². The third kappa shape index (κ3) is 5.98. The first-order valence-corrected chi connectivity index (χ1v) is 8.16. The Hall–Kier alpha value is -2.03. The van der Waals surface area contributed by atoms with Crippen LogP contribution in [0.2, 0.25) is 0 Å². The van der Waals surface area contributed by atoms with Gasteiger partial charge in [-0.1, -0.05) is 13.0 Å². The lowest BCUT2D eigenvalue weighted by molar-refractivity contribution is -0.141. The van der Waals surface area contributed by atoms with E-state index in [1.807, 2.05) is 6.92 Å².